The molecule has 2 aliphatic heterocycles. The molecule has 0 bridgehead atoms. The van der Waals surface area contributed by atoms with Gasteiger partial charge in [-0.2, -0.15) is 13.2 Å². The number of thioether (sulfide) groups is 1. The fourth-order valence-electron chi connectivity index (χ4n) is 5.43. The van der Waals surface area contributed by atoms with Crippen molar-refractivity contribution >= 4 is 52.2 Å². The van der Waals surface area contributed by atoms with Gasteiger partial charge in [-0.05, 0) is 55.0 Å². The van der Waals surface area contributed by atoms with Crippen LogP contribution in [0.4, 0.5) is 24.5 Å². The van der Waals surface area contributed by atoms with E-state index in [2.05, 4.69) is 10.3 Å². The molecule has 9 nitrogen and oxygen atoms in total. The monoisotopic (exact) mass is 655 g/mol. The second-order valence-corrected chi connectivity index (χ2v) is 12.6. The third-order valence-corrected chi connectivity index (χ3v) is 9.90. The van der Waals surface area contributed by atoms with Crippen LogP contribution in [0.1, 0.15) is 27.5 Å². The van der Waals surface area contributed by atoms with Crippen LogP contribution in [0.15, 0.2) is 76.6 Å². The minimum Gasteiger partial charge on any atom is -0.493 e. The Morgan fingerprint density at radius 1 is 1.00 bits per heavy atom. The molecule has 3 amide bonds. The number of carbonyl (C=O) groups excluding carboxylic acids is 3. The fourth-order valence-corrected chi connectivity index (χ4v) is 7.95. The number of hydrogen-bond donors (Lipinski definition) is 2. The number of halogens is 3. The van der Waals surface area contributed by atoms with Crippen LogP contribution in [0, 0.1) is 12.8 Å². The van der Waals surface area contributed by atoms with Crippen molar-refractivity contribution in [3.63, 3.8) is 0 Å². The smallest absolute Gasteiger partial charge is 0.416 e. The van der Waals surface area contributed by atoms with Crippen molar-refractivity contribution in [1.82, 2.24) is 4.98 Å². The van der Waals surface area contributed by atoms with E-state index in [0.717, 1.165) is 29.0 Å². The molecule has 1 saturated heterocycles. The van der Waals surface area contributed by atoms with Crippen LogP contribution in [0.5, 0.6) is 11.5 Å². The van der Waals surface area contributed by atoms with Crippen molar-refractivity contribution in [3.05, 3.63) is 98.0 Å². The van der Waals surface area contributed by atoms with Crippen molar-refractivity contribution in [2.24, 2.45) is 5.92 Å². The van der Waals surface area contributed by atoms with Crippen LogP contribution in [-0.4, -0.2) is 41.7 Å². The third-order valence-electron chi connectivity index (χ3n) is 7.50. The van der Waals surface area contributed by atoms with Gasteiger partial charge in [-0.1, -0.05) is 52.9 Å². The number of anilines is 2. The summed E-state index contributed by atoms with van der Waals surface area (Å²) >= 11 is 2.14. The van der Waals surface area contributed by atoms with Crippen LogP contribution in [0.3, 0.4) is 0 Å². The van der Waals surface area contributed by atoms with E-state index in [4.69, 9.17) is 9.47 Å². The lowest BCUT2D eigenvalue weighted by molar-refractivity contribution is -0.137. The number of amides is 3. The van der Waals surface area contributed by atoms with Crippen LogP contribution in [0.2, 0.25) is 0 Å². The normalized spacial score (nSPS) is 19.2. The number of aryl methyl sites for hydroxylation is 1. The number of benzene rings is 3. The zero-order valence-electron chi connectivity index (χ0n) is 23.6. The number of H-pyrrole nitrogens is 1. The number of hydrogen-bond acceptors (Lipinski definition) is 8. The maximum absolute atomic E-state index is 13.9. The molecule has 0 radical (unpaired) electrons. The first-order chi connectivity index (χ1) is 21.4. The molecule has 232 valence electrons. The lowest BCUT2D eigenvalue weighted by atomic mass is 9.83. The Hall–Kier alpha value is -4.56. The number of thiazole rings is 1. The average Bonchev–Trinajstić information content (AvgIpc) is 3.50. The van der Waals surface area contributed by atoms with Crippen molar-refractivity contribution < 1.29 is 37.0 Å². The molecule has 2 aliphatic rings. The Morgan fingerprint density at radius 3 is 2.47 bits per heavy atom. The summed E-state index contributed by atoms with van der Waals surface area (Å²) in [4.78, 5) is 56.7. The Bertz CT molecular complexity index is 1870. The van der Waals surface area contributed by atoms with Gasteiger partial charge in [0.2, 0.25) is 11.8 Å². The minimum absolute atomic E-state index is 0.0396. The van der Waals surface area contributed by atoms with Gasteiger partial charge in [0, 0.05) is 16.5 Å². The number of imide groups is 1. The number of rotatable bonds is 7. The quantitative estimate of drug-likeness (QED) is 0.250. The predicted octanol–water partition coefficient (Wildman–Crippen LogP) is 5.59. The number of ether oxygens (including phenoxy) is 2. The number of alkyl halides is 3. The molecule has 0 aliphatic carbocycles. The second-order valence-electron chi connectivity index (χ2n) is 10.4. The van der Waals surface area contributed by atoms with Crippen LogP contribution >= 0.6 is 23.1 Å². The van der Waals surface area contributed by atoms with E-state index in [1.165, 1.54) is 42.0 Å². The summed E-state index contributed by atoms with van der Waals surface area (Å²) in [6, 6.07) is 16.1. The first-order valence-corrected chi connectivity index (χ1v) is 15.3. The van der Waals surface area contributed by atoms with Gasteiger partial charge in [0.25, 0.3) is 5.91 Å². The van der Waals surface area contributed by atoms with Gasteiger partial charge >= 0.3 is 11.0 Å². The minimum atomic E-state index is -4.56. The molecule has 3 atom stereocenters. The maximum Gasteiger partial charge on any atom is 0.416 e. The number of fused-ring (bicyclic) bond motifs is 2. The first kappa shape index (κ1) is 30.5. The van der Waals surface area contributed by atoms with Crippen LogP contribution in [-0.2, 0) is 20.6 Å². The molecule has 2 unspecified atom stereocenters. The van der Waals surface area contributed by atoms with E-state index < -0.39 is 41.3 Å². The maximum atomic E-state index is 13.9. The second kappa shape index (κ2) is 11.7. The molecule has 2 N–H and O–H groups in total. The van der Waals surface area contributed by atoms with Gasteiger partial charge in [-0.15, -0.1) is 0 Å². The molecule has 45 heavy (non-hydrogen) atoms. The lowest BCUT2D eigenvalue weighted by Crippen LogP contribution is -2.32. The molecule has 3 heterocycles. The van der Waals surface area contributed by atoms with E-state index >= 15 is 0 Å². The molecule has 0 spiro atoms. The summed E-state index contributed by atoms with van der Waals surface area (Å²) in [6.45, 7) is 1.37. The fraction of sp³-hybridized carbons (Fsp3) is 0.226. The van der Waals surface area contributed by atoms with Gasteiger partial charge in [0.15, 0.2) is 18.1 Å². The van der Waals surface area contributed by atoms with E-state index in [1.54, 1.807) is 24.3 Å². The summed E-state index contributed by atoms with van der Waals surface area (Å²) in [5.74, 6) is -2.54. The zero-order valence-corrected chi connectivity index (χ0v) is 25.3. The molecule has 14 heteroatoms. The van der Waals surface area contributed by atoms with E-state index in [-0.39, 0.29) is 33.9 Å². The lowest BCUT2D eigenvalue weighted by Gasteiger charge is -2.30. The standard InChI is InChI=1S/C31H24F3N3O6S2/c1-15-6-9-19(10-7-15)37-28(39)24-23(25-27(36-30(41)45-25)44-26(24)29(37)40)16-8-11-20(21(12-16)42-2)43-14-22(38)35-18-5-3-4-17(13-18)31(32,33)34/h3-13,23-24,26H,14H2,1-2H3,(H,35,38)(H,36,41)/t23-,24?,26?/m1/s1. The summed E-state index contributed by atoms with van der Waals surface area (Å²) in [5.41, 5.74) is 1.09. The van der Waals surface area contributed by atoms with E-state index in [0.29, 0.717) is 21.2 Å². The Kier molecular flexibility index (Phi) is 7.95. The van der Waals surface area contributed by atoms with Crippen molar-refractivity contribution in [2.75, 3.05) is 23.9 Å². The SMILES string of the molecule is COc1cc([C@H]2c3sc(=O)[nH]c3SC3C(=O)N(c4ccc(C)cc4)C(=O)C32)ccc1OCC(=O)Nc1cccc(C(F)(F)F)c1. The summed E-state index contributed by atoms with van der Waals surface area (Å²) < 4.78 is 50.2. The largest absolute Gasteiger partial charge is 0.493 e. The predicted molar refractivity (Wildman–Crippen MR) is 162 cm³/mol. The number of nitrogens with zero attached hydrogens (tertiary/aromatic N) is 1. The van der Waals surface area contributed by atoms with Gasteiger partial charge in [0.1, 0.15) is 5.25 Å². The van der Waals surface area contributed by atoms with Gasteiger partial charge < -0.3 is 19.8 Å². The number of methoxy groups -OCH3 is 1. The van der Waals surface area contributed by atoms with Crippen molar-refractivity contribution in [2.45, 2.75) is 29.3 Å². The molecule has 1 fully saturated rings. The topological polar surface area (TPSA) is 118 Å². The Labute approximate surface area is 262 Å². The van der Waals surface area contributed by atoms with Crippen LogP contribution < -0.4 is 24.6 Å². The highest BCUT2D eigenvalue weighted by Gasteiger charge is 2.56. The average molecular weight is 656 g/mol. The summed E-state index contributed by atoms with van der Waals surface area (Å²) in [7, 11) is 1.39. The van der Waals surface area contributed by atoms with Crippen molar-refractivity contribution in [3.8, 4) is 11.5 Å². The highest BCUT2D eigenvalue weighted by Crippen LogP contribution is 2.53. The third kappa shape index (κ3) is 5.82. The Morgan fingerprint density at radius 2 is 1.76 bits per heavy atom. The summed E-state index contributed by atoms with van der Waals surface area (Å²) in [6.07, 6.45) is -4.56. The first-order valence-electron chi connectivity index (χ1n) is 13.6. The molecule has 1 aromatic heterocycles. The number of carbonyl (C=O) groups is 3. The van der Waals surface area contributed by atoms with E-state index in [9.17, 15) is 32.3 Å². The highest BCUT2D eigenvalue weighted by atomic mass is 32.2. The van der Waals surface area contributed by atoms with Crippen LogP contribution in [0.25, 0.3) is 0 Å². The molecule has 3 aromatic carbocycles. The highest BCUT2D eigenvalue weighted by molar-refractivity contribution is 8.00. The van der Waals surface area contributed by atoms with E-state index in [1.807, 2.05) is 19.1 Å². The van der Waals surface area contributed by atoms with Gasteiger partial charge in [-0.3, -0.25) is 19.2 Å². The van der Waals surface area contributed by atoms with Gasteiger partial charge in [-0.25, -0.2) is 4.90 Å². The molecular weight excluding hydrogens is 631 g/mol. The molecule has 6 rings (SSSR count). The molecule has 0 saturated carbocycles. The Balaban J connectivity index is 1.26. The number of aromatic nitrogens is 1. The van der Waals surface area contributed by atoms with Gasteiger partial charge in [0.05, 0.1) is 29.3 Å². The number of nitrogens with one attached hydrogen (secondary N) is 2. The number of aromatic amines is 1. The zero-order chi connectivity index (χ0) is 32.0. The van der Waals surface area contributed by atoms with Crippen molar-refractivity contribution in [1.29, 1.82) is 0 Å². The summed E-state index contributed by atoms with van der Waals surface area (Å²) in [5, 5.41) is 2.13. The molecular formula is C31H24F3N3O6S2. The molecule has 4 aromatic rings.